The van der Waals surface area contributed by atoms with Gasteiger partial charge in [-0.1, -0.05) is 43.6 Å². The zero-order valence-electron chi connectivity index (χ0n) is 10.6. The van der Waals surface area contributed by atoms with Crippen LogP contribution >= 0.6 is 11.6 Å². The summed E-state index contributed by atoms with van der Waals surface area (Å²) in [5, 5.41) is 0.640. The predicted octanol–water partition coefficient (Wildman–Crippen LogP) is 3.56. The Morgan fingerprint density at radius 1 is 1.25 bits per heavy atom. The fraction of sp³-hybridized carbons (Fsp3) is 0.462. The SMILES string of the molecule is CC.CC(=O)C(c1ccccc1Cl)N(C)C. The third-order valence-electron chi connectivity index (χ3n) is 2.10. The lowest BCUT2D eigenvalue weighted by molar-refractivity contribution is -0.121. The Hall–Kier alpha value is -0.860. The molecule has 0 bridgehead atoms. The molecule has 1 aromatic rings. The quantitative estimate of drug-likeness (QED) is 0.807. The summed E-state index contributed by atoms with van der Waals surface area (Å²) in [5.74, 6) is 0.100. The molecule has 3 heteroatoms. The number of carbonyl (C=O) groups excluding carboxylic acids is 1. The topological polar surface area (TPSA) is 20.3 Å². The van der Waals surface area contributed by atoms with Crippen LogP contribution in [0.2, 0.25) is 5.02 Å². The van der Waals surface area contributed by atoms with Crippen LogP contribution in [0, 0.1) is 0 Å². The van der Waals surface area contributed by atoms with E-state index in [1.54, 1.807) is 13.0 Å². The predicted molar refractivity (Wildman–Crippen MR) is 69.9 cm³/mol. The summed E-state index contributed by atoms with van der Waals surface area (Å²) in [6, 6.07) is 7.19. The van der Waals surface area contributed by atoms with Crippen molar-refractivity contribution in [1.29, 1.82) is 0 Å². The van der Waals surface area contributed by atoms with E-state index in [0.29, 0.717) is 5.02 Å². The highest BCUT2D eigenvalue weighted by atomic mass is 35.5. The molecule has 0 saturated heterocycles. The fourth-order valence-electron chi connectivity index (χ4n) is 1.56. The number of Topliss-reactive ketones (excluding diaryl/α,β-unsaturated/α-hetero) is 1. The van der Waals surface area contributed by atoms with Gasteiger partial charge in [0.15, 0.2) is 5.78 Å². The average Bonchev–Trinajstić information content (AvgIpc) is 2.23. The van der Waals surface area contributed by atoms with Crippen LogP contribution in [-0.2, 0) is 4.79 Å². The first-order valence-electron chi connectivity index (χ1n) is 5.45. The first-order valence-corrected chi connectivity index (χ1v) is 5.83. The van der Waals surface area contributed by atoms with Gasteiger partial charge in [-0.25, -0.2) is 0 Å². The fourth-order valence-corrected chi connectivity index (χ4v) is 1.80. The third kappa shape index (κ3) is 3.95. The van der Waals surface area contributed by atoms with E-state index in [1.807, 2.05) is 51.0 Å². The van der Waals surface area contributed by atoms with Crippen molar-refractivity contribution >= 4 is 17.4 Å². The van der Waals surface area contributed by atoms with Crippen LogP contribution in [0.5, 0.6) is 0 Å². The maximum Gasteiger partial charge on any atom is 0.151 e. The Kier molecular flexibility index (Phi) is 7.02. The number of benzene rings is 1. The maximum absolute atomic E-state index is 11.4. The Balaban J connectivity index is 0.00000106. The van der Waals surface area contributed by atoms with Crippen molar-refractivity contribution in [3.63, 3.8) is 0 Å². The van der Waals surface area contributed by atoms with Crippen LogP contribution in [0.15, 0.2) is 24.3 Å². The van der Waals surface area contributed by atoms with Gasteiger partial charge in [0.2, 0.25) is 0 Å². The third-order valence-corrected chi connectivity index (χ3v) is 2.45. The van der Waals surface area contributed by atoms with E-state index in [0.717, 1.165) is 5.56 Å². The van der Waals surface area contributed by atoms with Crippen molar-refractivity contribution in [2.45, 2.75) is 26.8 Å². The number of nitrogens with zero attached hydrogens (tertiary/aromatic N) is 1. The highest BCUT2D eigenvalue weighted by molar-refractivity contribution is 6.31. The number of rotatable bonds is 3. The van der Waals surface area contributed by atoms with Crippen LogP contribution in [-0.4, -0.2) is 24.8 Å². The van der Waals surface area contributed by atoms with E-state index in [-0.39, 0.29) is 11.8 Å². The number of carbonyl (C=O) groups is 1. The summed E-state index contributed by atoms with van der Waals surface area (Å²) < 4.78 is 0. The Morgan fingerprint density at radius 3 is 2.12 bits per heavy atom. The summed E-state index contributed by atoms with van der Waals surface area (Å²) in [7, 11) is 3.74. The number of hydrogen-bond acceptors (Lipinski definition) is 2. The van der Waals surface area contributed by atoms with Crippen LogP contribution < -0.4 is 0 Å². The van der Waals surface area contributed by atoms with Gasteiger partial charge in [0.05, 0.1) is 6.04 Å². The minimum absolute atomic E-state index is 0.100. The number of hydrogen-bond donors (Lipinski definition) is 0. The molecule has 2 nitrogen and oxygen atoms in total. The molecule has 0 amide bonds. The van der Waals surface area contributed by atoms with E-state index in [2.05, 4.69) is 0 Å². The molecule has 0 aliphatic rings. The first-order chi connectivity index (χ1) is 7.54. The first kappa shape index (κ1) is 15.1. The second-order valence-electron chi connectivity index (χ2n) is 3.50. The van der Waals surface area contributed by atoms with Crippen molar-refractivity contribution in [2.75, 3.05) is 14.1 Å². The van der Waals surface area contributed by atoms with Crippen molar-refractivity contribution in [1.82, 2.24) is 4.90 Å². The van der Waals surface area contributed by atoms with Crippen molar-refractivity contribution in [3.05, 3.63) is 34.9 Å². The Morgan fingerprint density at radius 2 is 1.75 bits per heavy atom. The van der Waals surface area contributed by atoms with Gasteiger partial charge in [-0.05, 0) is 32.6 Å². The molecule has 0 spiro atoms. The van der Waals surface area contributed by atoms with Crippen molar-refractivity contribution in [3.8, 4) is 0 Å². The maximum atomic E-state index is 11.4. The molecule has 1 aromatic carbocycles. The zero-order valence-corrected chi connectivity index (χ0v) is 11.4. The molecule has 1 unspecified atom stereocenters. The Bertz CT molecular complexity index is 336. The van der Waals surface area contributed by atoms with E-state index < -0.39 is 0 Å². The van der Waals surface area contributed by atoms with Crippen molar-refractivity contribution < 1.29 is 4.79 Å². The van der Waals surface area contributed by atoms with E-state index in [9.17, 15) is 4.79 Å². The van der Waals surface area contributed by atoms with Crippen LogP contribution in [0.25, 0.3) is 0 Å². The average molecular weight is 242 g/mol. The minimum Gasteiger partial charge on any atom is -0.298 e. The molecule has 0 radical (unpaired) electrons. The molecule has 0 N–H and O–H groups in total. The van der Waals surface area contributed by atoms with Gasteiger partial charge >= 0.3 is 0 Å². The summed E-state index contributed by atoms with van der Waals surface area (Å²) >= 11 is 6.03. The lowest BCUT2D eigenvalue weighted by Gasteiger charge is -2.22. The molecule has 0 heterocycles. The summed E-state index contributed by atoms with van der Waals surface area (Å²) in [6.45, 7) is 5.58. The standard InChI is InChI=1S/C11H14ClNO.C2H6/c1-8(14)11(13(2)3)9-6-4-5-7-10(9)12;1-2/h4-7,11H,1-3H3;1-2H3. The molecule has 0 fully saturated rings. The van der Waals surface area contributed by atoms with Crippen LogP contribution in [0.4, 0.5) is 0 Å². The zero-order chi connectivity index (χ0) is 12.7. The van der Waals surface area contributed by atoms with Crippen LogP contribution in [0.3, 0.4) is 0 Å². The molecule has 0 aromatic heterocycles. The Labute approximate surface area is 103 Å². The number of halogens is 1. The molecule has 1 atom stereocenters. The largest absolute Gasteiger partial charge is 0.298 e. The molecule has 0 aliphatic heterocycles. The van der Waals surface area contributed by atoms with Gasteiger partial charge in [0, 0.05) is 5.02 Å². The molecule has 16 heavy (non-hydrogen) atoms. The molecular formula is C13H20ClNO. The summed E-state index contributed by atoms with van der Waals surface area (Å²) in [5.41, 5.74) is 0.867. The molecule has 0 aliphatic carbocycles. The second-order valence-corrected chi connectivity index (χ2v) is 3.91. The molecule has 1 rings (SSSR count). The van der Waals surface area contributed by atoms with Crippen molar-refractivity contribution in [2.24, 2.45) is 0 Å². The minimum atomic E-state index is -0.247. The summed E-state index contributed by atoms with van der Waals surface area (Å²) in [6.07, 6.45) is 0. The second kappa shape index (κ2) is 7.42. The summed E-state index contributed by atoms with van der Waals surface area (Å²) in [4.78, 5) is 13.3. The monoisotopic (exact) mass is 241 g/mol. The normalized spacial score (nSPS) is 11.7. The molecule has 90 valence electrons. The van der Waals surface area contributed by atoms with Gasteiger partial charge < -0.3 is 0 Å². The van der Waals surface area contributed by atoms with E-state index in [1.165, 1.54) is 0 Å². The van der Waals surface area contributed by atoms with E-state index in [4.69, 9.17) is 11.6 Å². The molecule has 0 saturated carbocycles. The molecular weight excluding hydrogens is 222 g/mol. The van der Waals surface area contributed by atoms with Gasteiger partial charge in [-0.2, -0.15) is 0 Å². The number of ketones is 1. The van der Waals surface area contributed by atoms with Gasteiger partial charge in [0.25, 0.3) is 0 Å². The van der Waals surface area contributed by atoms with Gasteiger partial charge in [-0.15, -0.1) is 0 Å². The highest BCUT2D eigenvalue weighted by Crippen LogP contribution is 2.26. The highest BCUT2D eigenvalue weighted by Gasteiger charge is 2.20. The lowest BCUT2D eigenvalue weighted by Crippen LogP contribution is -2.26. The number of likely N-dealkylation sites (N-methyl/N-ethyl adjacent to an activating group) is 1. The van der Waals surface area contributed by atoms with E-state index >= 15 is 0 Å². The lowest BCUT2D eigenvalue weighted by atomic mass is 10.0. The van der Waals surface area contributed by atoms with Gasteiger partial charge in [-0.3, -0.25) is 9.69 Å². The van der Waals surface area contributed by atoms with Gasteiger partial charge in [0.1, 0.15) is 0 Å². The smallest absolute Gasteiger partial charge is 0.151 e. The van der Waals surface area contributed by atoms with Crippen LogP contribution in [0.1, 0.15) is 32.4 Å².